The second kappa shape index (κ2) is 2.98. The lowest BCUT2D eigenvalue weighted by Gasteiger charge is -2.36. The van der Waals surface area contributed by atoms with Gasteiger partial charge in [-0.3, -0.25) is 0 Å². The average Bonchev–Trinajstić information content (AvgIpc) is 1.82. The lowest BCUT2D eigenvalue weighted by Crippen LogP contribution is -2.29. The van der Waals surface area contributed by atoms with Crippen molar-refractivity contribution in [3.05, 3.63) is 0 Å². The molecule has 14 heavy (non-hydrogen) atoms. The average molecular weight is 240 g/mol. The maximum absolute atomic E-state index is 11.9. The Morgan fingerprint density at radius 3 is 1.64 bits per heavy atom. The molecule has 0 aromatic rings. The predicted molar refractivity (Wildman–Crippen MR) is 49.2 cm³/mol. The van der Waals surface area contributed by atoms with E-state index in [1.165, 1.54) is 0 Å². The first-order valence-electron chi connectivity index (χ1n) is 3.95. The second-order valence-corrected chi connectivity index (χ2v) is 4.78. The topological polar surface area (TPSA) is 15.6 Å². The largest absolute Gasteiger partial charge is 0.383 e. The third-order valence-electron chi connectivity index (χ3n) is 1.53. The van der Waals surface area contributed by atoms with Gasteiger partial charge < -0.3 is 4.90 Å². The molecule has 0 rings (SSSR count). The Labute approximate surface area is 79.7 Å². The number of hydrogen-bond acceptors (Lipinski definition) is 1. The molecule has 0 fully saturated rings. The van der Waals surface area contributed by atoms with Crippen LogP contribution in [0.4, 0.5) is 19.4 Å². The van der Waals surface area contributed by atoms with E-state index in [4.69, 9.17) is 0 Å². The van der Waals surface area contributed by atoms with Gasteiger partial charge in [0, 0.05) is 13.1 Å². The standard InChI is InChI=1S/C6H13F5N2S/c1-4-13(5-2)6(3)12-14(7,8,9,10)11/h4-5H2,1-3H3/b12-6-. The van der Waals surface area contributed by atoms with E-state index in [1.807, 2.05) is 0 Å². The Morgan fingerprint density at radius 2 is 1.43 bits per heavy atom. The lowest BCUT2D eigenvalue weighted by molar-refractivity contribution is 0.364. The minimum Gasteiger partial charge on any atom is -0.360 e. The molecule has 88 valence electrons. The van der Waals surface area contributed by atoms with Gasteiger partial charge in [0.05, 0.1) is 0 Å². The normalized spacial score (nSPS) is 18.7. The van der Waals surface area contributed by atoms with Crippen molar-refractivity contribution in [3.8, 4) is 0 Å². The summed E-state index contributed by atoms with van der Waals surface area (Å²) in [6.45, 7) is 4.46. The number of rotatable bonds is 3. The number of nitrogens with zero attached hydrogens (tertiary/aromatic N) is 2. The van der Waals surface area contributed by atoms with Gasteiger partial charge in [0.2, 0.25) is 0 Å². The maximum atomic E-state index is 11.9. The minimum atomic E-state index is -9.66. The number of halogens is 5. The van der Waals surface area contributed by atoms with Crippen LogP contribution in [0.3, 0.4) is 0 Å². The zero-order valence-electron chi connectivity index (χ0n) is 8.11. The first kappa shape index (κ1) is 13.5. The Morgan fingerprint density at radius 1 is 1.07 bits per heavy atom. The molecule has 0 aliphatic carbocycles. The molecule has 2 nitrogen and oxygen atoms in total. The van der Waals surface area contributed by atoms with Crippen LogP contribution in [0.25, 0.3) is 0 Å². The van der Waals surface area contributed by atoms with Gasteiger partial charge in [-0.15, -0.1) is 4.40 Å². The smallest absolute Gasteiger partial charge is 0.360 e. The molecule has 0 N–H and O–H groups in total. The highest BCUT2D eigenvalue weighted by Gasteiger charge is 2.64. The highest BCUT2D eigenvalue weighted by atomic mass is 32.5. The van der Waals surface area contributed by atoms with E-state index in [1.54, 1.807) is 18.2 Å². The van der Waals surface area contributed by atoms with Crippen LogP contribution in [-0.2, 0) is 0 Å². The van der Waals surface area contributed by atoms with E-state index in [9.17, 15) is 19.4 Å². The molecule has 0 radical (unpaired) electrons. The van der Waals surface area contributed by atoms with Crippen LogP contribution < -0.4 is 0 Å². The summed E-state index contributed by atoms with van der Waals surface area (Å²) in [6, 6.07) is 0. The summed E-state index contributed by atoms with van der Waals surface area (Å²) < 4.78 is 61.1. The molecular weight excluding hydrogens is 227 g/mol. The molecular formula is C6H13F5N2S. The molecule has 0 aliphatic rings. The molecule has 0 atom stereocenters. The van der Waals surface area contributed by atoms with Crippen LogP contribution in [0.1, 0.15) is 20.8 Å². The zero-order valence-corrected chi connectivity index (χ0v) is 8.92. The van der Waals surface area contributed by atoms with Crippen LogP contribution in [-0.4, -0.2) is 23.8 Å². The Hall–Kier alpha value is -0.530. The fraction of sp³-hybridized carbons (Fsp3) is 0.833. The van der Waals surface area contributed by atoms with Crippen molar-refractivity contribution >= 4 is 16.2 Å². The third-order valence-corrected chi connectivity index (χ3v) is 2.13. The van der Waals surface area contributed by atoms with E-state index in [2.05, 4.69) is 0 Å². The first-order valence-corrected chi connectivity index (χ1v) is 5.86. The van der Waals surface area contributed by atoms with Gasteiger partial charge in [-0.1, -0.05) is 19.4 Å². The molecule has 0 heterocycles. The zero-order chi connectivity index (χ0) is 11.7. The molecule has 0 aliphatic heterocycles. The number of hydrogen-bond donors (Lipinski definition) is 0. The van der Waals surface area contributed by atoms with Crippen LogP contribution >= 0.6 is 10.4 Å². The molecule has 0 bridgehead atoms. The summed E-state index contributed by atoms with van der Waals surface area (Å²) >= 11 is 0. The maximum Gasteiger partial charge on any atom is 0.383 e. The molecule has 0 saturated carbocycles. The monoisotopic (exact) mass is 240 g/mol. The van der Waals surface area contributed by atoms with E-state index in [0.717, 1.165) is 11.8 Å². The fourth-order valence-corrected chi connectivity index (χ4v) is 1.60. The number of amidine groups is 1. The van der Waals surface area contributed by atoms with E-state index < -0.39 is 16.2 Å². The fourth-order valence-electron chi connectivity index (χ4n) is 0.989. The van der Waals surface area contributed by atoms with Gasteiger partial charge in [-0.05, 0) is 20.8 Å². The van der Waals surface area contributed by atoms with Crippen molar-refractivity contribution in [3.63, 3.8) is 0 Å². The van der Waals surface area contributed by atoms with Crippen molar-refractivity contribution < 1.29 is 19.4 Å². The highest BCUT2D eigenvalue weighted by Crippen LogP contribution is 2.99. The van der Waals surface area contributed by atoms with Crippen LogP contribution in [0.5, 0.6) is 0 Å². The lowest BCUT2D eigenvalue weighted by atomic mass is 10.5. The van der Waals surface area contributed by atoms with E-state index in [-0.39, 0.29) is 13.1 Å². The van der Waals surface area contributed by atoms with Gasteiger partial charge >= 0.3 is 10.4 Å². The quantitative estimate of drug-likeness (QED) is 0.414. The molecule has 0 unspecified atom stereocenters. The molecule has 0 aromatic carbocycles. The highest BCUT2D eigenvalue weighted by molar-refractivity contribution is 8.44. The van der Waals surface area contributed by atoms with Crippen molar-refractivity contribution in [2.75, 3.05) is 13.1 Å². The van der Waals surface area contributed by atoms with Crippen molar-refractivity contribution in [1.82, 2.24) is 4.90 Å². The molecule has 8 heteroatoms. The first-order chi connectivity index (χ1) is 5.88. The summed E-state index contributed by atoms with van der Waals surface area (Å²) in [5.74, 6) is -0.700. The second-order valence-electron chi connectivity index (χ2n) is 2.74. The van der Waals surface area contributed by atoms with Gasteiger partial charge in [-0.2, -0.15) is 0 Å². The molecule has 0 spiro atoms. The van der Waals surface area contributed by atoms with E-state index in [0.29, 0.717) is 0 Å². The molecule has 0 amide bonds. The van der Waals surface area contributed by atoms with Crippen molar-refractivity contribution in [2.24, 2.45) is 4.40 Å². The predicted octanol–water partition coefficient (Wildman–Crippen LogP) is 3.96. The van der Waals surface area contributed by atoms with Gasteiger partial charge in [0.25, 0.3) is 0 Å². The van der Waals surface area contributed by atoms with Crippen LogP contribution in [0.15, 0.2) is 4.40 Å². The van der Waals surface area contributed by atoms with Gasteiger partial charge in [0.1, 0.15) is 5.84 Å². The molecule has 0 saturated heterocycles. The summed E-state index contributed by atoms with van der Waals surface area (Å²) in [5, 5.41) is 0. The SMILES string of the molecule is CCN(CC)/C(C)=N\S(F)(F)(F)(F)F. The Kier molecular flexibility index (Phi) is 2.87. The summed E-state index contributed by atoms with van der Waals surface area (Å²) in [5.41, 5.74) is 0. The van der Waals surface area contributed by atoms with Crippen molar-refractivity contribution in [1.29, 1.82) is 0 Å². The van der Waals surface area contributed by atoms with Gasteiger partial charge in [-0.25, -0.2) is 0 Å². The Bertz CT molecular complexity index is 239. The summed E-state index contributed by atoms with van der Waals surface area (Å²) in [7, 11) is -9.66. The molecule has 0 aromatic heterocycles. The van der Waals surface area contributed by atoms with Crippen molar-refractivity contribution in [2.45, 2.75) is 20.8 Å². The summed E-state index contributed by atoms with van der Waals surface area (Å²) in [4.78, 5) is 1.11. The van der Waals surface area contributed by atoms with E-state index >= 15 is 0 Å². The Balaban J connectivity index is 5.04. The van der Waals surface area contributed by atoms with Crippen LogP contribution in [0.2, 0.25) is 0 Å². The minimum absolute atomic E-state index is 0.208. The summed E-state index contributed by atoms with van der Waals surface area (Å²) in [6.07, 6.45) is 0. The third kappa shape index (κ3) is 6.01. The van der Waals surface area contributed by atoms with Crippen LogP contribution in [0, 0.1) is 0 Å². The van der Waals surface area contributed by atoms with Gasteiger partial charge in [0.15, 0.2) is 0 Å².